The maximum atomic E-state index is 13.5. The molecule has 2 unspecified atom stereocenters. The fourth-order valence-electron chi connectivity index (χ4n) is 10.9. The molecule has 2 rings (SSSR count). The van der Waals surface area contributed by atoms with Gasteiger partial charge in [-0.1, -0.05) is 207 Å². The smallest absolute Gasteiger partial charge is 0.307 e. The Morgan fingerprint density at radius 2 is 0.787 bits per heavy atom. The Morgan fingerprint density at radius 1 is 0.492 bits per heavy atom. The third kappa shape index (κ3) is 26.4. The minimum absolute atomic E-state index is 0.0582. The molecule has 360 valence electrons. The quantitative estimate of drug-likeness (QED) is 0.0450. The summed E-state index contributed by atoms with van der Waals surface area (Å²) in [5, 5.41) is 0. The van der Waals surface area contributed by atoms with E-state index < -0.39 is 0 Å². The van der Waals surface area contributed by atoms with Crippen LogP contribution in [0.1, 0.15) is 285 Å². The summed E-state index contributed by atoms with van der Waals surface area (Å²) in [4.78, 5) is 32.2. The Balaban J connectivity index is 1.95. The summed E-state index contributed by atoms with van der Waals surface area (Å²) in [7, 11) is 2.31. The number of unbranched alkanes of at least 4 members (excludes halogenated alkanes) is 24. The number of carbonyl (C=O) groups is 2. The molecule has 2 heterocycles. The average molecular weight is 859 g/mol. The van der Waals surface area contributed by atoms with Crippen molar-refractivity contribution in [2.75, 3.05) is 33.4 Å². The number of ether oxygens (including phenoxy) is 2. The normalized spacial score (nSPS) is 19.0. The molecule has 2 aliphatic rings. The highest BCUT2D eigenvalue weighted by Crippen LogP contribution is 2.43. The molecule has 61 heavy (non-hydrogen) atoms. The maximum Gasteiger partial charge on any atom is 0.307 e. The lowest BCUT2D eigenvalue weighted by atomic mass is 9.79. The molecule has 2 bridgehead atoms. The fraction of sp³-hybridized carbons (Fsp3) is 0.964. The number of hydrogen-bond acceptors (Lipinski definition) is 6. The third-order valence-corrected chi connectivity index (χ3v) is 15.0. The van der Waals surface area contributed by atoms with Crippen LogP contribution in [0.4, 0.5) is 0 Å². The molecule has 2 atom stereocenters. The monoisotopic (exact) mass is 859 g/mol. The lowest BCUT2D eigenvalue weighted by Crippen LogP contribution is -2.66. The molecule has 0 spiro atoms. The minimum Gasteiger partial charge on any atom is -0.465 e. The second-order valence-corrected chi connectivity index (χ2v) is 20.3. The van der Waals surface area contributed by atoms with Gasteiger partial charge in [-0.25, -0.2) is 0 Å². The molecule has 2 fully saturated rings. The summed E-state index contributed by atoms with van der Waals surface area (Å²) >= 11 is 0. The van der Waals surface area contributed by atoms with Gasteiger partial charge in [0.1, 0.15) is 0 Å². The van der Waals surface area contributed by atoms with E-state index in [4.69, 9.17) is 9.47 Å². The van der Waals surface area contributed by atoms with Crippen LogP contribution in [0.2, 0.25) is 0 Å². The highest BCUT2D eigenvalue weighted by Gasteiger charge is 2.47. The van der Waals surface area contributed by atoms with Crippen molar-refractivity contribution in [1.82, 2.24) is 9.80 Å². The zero-order chi connectivity index (χ0) is 44.1. The topological polar surface area (TPSA) is 59.1 Å². The Morgan fingerprint density at radius 3 is 1.10 bits per heavy atom. The number of esters is 2. The summed E-state index contributed by atoms with van der Waals surface area (Å²) in [6.45, 7) is 11.6. The molecule has 0 aromatic rings. The van der Waals surface area contributed by atoms with Gasteiger partial charge >= 0.3 is 11.9 Å². The first-order chi connectivity index (χ1) is 29.9. The summed E-state index contributed by atoms with van der Waals surface area (Å²) in [5.74, 6) is 0.835. The van der Waals surface area contributed by atoms with Crippen molar-refractivity contribution in [3.05, 3.63) is 0 Å². The minimum atomic E-state index is -0.0740. The number of carbonyl (C=O) groups excluding carboxylic acids is 2. The molecule has 6 heteroatoms. The van der Waals surface area contributed by atoms with Crippen LogP contribution < -0.4 is 0 Å². The third-order valence-electron chi connectivity index (χ3n) is 15.0. The number of piperidine rings is 2. The highest BCUT2D eigenvalue weighted by atomic mass is 16.5. The molecule has 6 nitrogen and oxygen atoms in total. The predicted octanol–water partition coefficient (Wildman–Crippen LogP) is 16.3. The van der Waals surface area contributed by atoms with Crippen molar-refractivity contribution in [2.45, 2.75) is 296 Å². The van der Waals surface area contributed by atoms with E-state index in [-0.39, 0.29) is 17.6 Å². The number of hydrogen-bond donors (Lipinski definition) is 0. The van der Waals surface area contributed by atoms with Gasteiger partial charge in [0.25, 0.3) is 0 Å². The van der Waals surface area contributed by atoms with Crippen LogP contribution in [-0.4, -0.2) is 66.8 Å². The van der Waals surface area contributed by atoms with Gasteiger partial charge in [0.2, 0.25) is 0 Å². The van der Waals surface area contributed by atoms with Crippen LogP contribution in [0.25, 0.3) is 0 Å². The summed E-state index contributed by atoms with van der Waals surface area (Å²) in [5.41, 5.74) is -0.0740. The highest BCUT2D eigenvalue weighted by molar-refractivity contribution is 5.70. The van der Waals surface area contributed by atoms with Gasteiger partial charge in [0.15, 0.2) is 0 Å². The van der Waals surface area contributed by atoms with Crippen molar-refractivity contribution in [2.24, 2.45) is 11.8 Å². The Bertz CT molecular complexity index is 950. The molecule has 2 saturated heterocycles. The molecule has 0 aliphatic carbocycles. The van der Waals surface area contributed by atoms with E-state index in [0.717, 1.165) is 12.8 Å². The Kier molecular flexibility index (Phi) is 35.0. The zero-order valence-electron chi connectivity index (χ0n) is 41.9. The molecule has 0 radical (unpaired) electrons. The second-order valence-electron chi connectivity index (χ2n) is 20.3. The van der Waals surface area contributed by atoms with E-state index >= 15 is 0 Å². The SMILES string of the molecule is CCCCCCCCCCC(CCCCCCCC)COC(=O)CCN(CCC(=O)OCC(CCCCCCCC)CCCCCCCCCC)C12CCCC(CCC1)N2C. The molecule has 0 saturated carbocycles. The maximum absolute atomic E-state index is 13.5. The van der Waals surface area contributed by atoms with Crippen LogP contribution in [0.15, 0.2) is 0 Å². The fourth-order valence-corrected chi connectivity index (χ4v) is 10.9. The van der Waals surface area contributed by atoms with Crippen molar-refractivity contribution < 1.29 is 19.1 Å². The Labute approximate surface area is 381 Å². The molecule has 0 aromatic heterocycles. The van der Waals surface area contributed by atoms with Crippen molar-refractivity contribution >= 4 is 11.9 Å². The summed E-state index contributed by atoms with van der Waals surface area (Å²) in [6, 6.07) is 0.599. The van der Waals surface area contributed by atoms with Crippen LogP contribution in [-0.2, 0) is 19.1 Å². The second kappa shape index (κ2) is 38.2. The molecular weight excluding hydrogens is 753 g/mol. The Hall–Kier alpha value is -1.14. The lowest BCUT2D eigenvalue weighted by molar-refractivity contribution is -0.153. The van der Waals surface area contributed by atoms with Crippen LogP contribution in [0, 0.1) is 11.8 Å². The van der Waals surface area contributed by atoms with Gasteiger partial charge in [-0.05, 0) is 83.1 Å². The van der Waals surface area contributed by atoms with Crippen LogP contribution in [0.5, 0.6) is 0 Å². The van der Waals surface area contributed by atoms with Crippen molar-refractivity contribution in [1.29, 1.82) is 0 Å². The molecule has 0 aromatic carbocycles. The van der Waals surface area contributed by atoms with E-state index in [1.54, 1.807) is 0 Å². The average Bonchev–Trinajstić information content (AvgIpc) is 3.25. The zero-order valence-corrected chi connectivity index (χ0v) is 41.9. The van der Waals surface area contributed by atoms with E-state index in [1.165, 1.54) is 231 Å². The predicted molar refractivity (Wildman–Crippen MR) is 262 cm³/mol. The van der Waals surface area contributed by atoms with E-state index in [1.807, 2.05) is 0 Å². The molecule has 0 amide bonds. The standard InChI is InChI=1S/C55H106N2O4/c1-6-10-14-18-22-24-28-32-38-50(36-30-26-20-16-12-8-3)48-60-53(58)42-46-57(55-44-34-40-52(56(55)5)41-35-45-55)47-43-54(59)61-49-51(37-31-27-21-17-13-9-4)39-33-29-25-23-19-15-11-7-2/h50-52H,6-49H2,1-5H3. The first kappa shape index (κ1) is 56.0. The lowest BCUT2D eigenvalue weighted by Gasteiger charge is -2.58. The van der Waals surface area contributed by atoms with Crippen molar-refractivity contribution in [3.63, 3.8) is 0 Å². The summed E-state index contributed by atoms with van der Waals surface area (Å²) < 4.78 is 12.3. The van der Waals surface area contributed by atoms with Crippen molar-refractivity contribution in [3.8, 4) is 0 Å². The first-order valence-corrected chi connectivity index (χ1v) is 27.7. The summed E-state index contributed by atoms with van der Waals surface area (Å²) in [6.07, 6.45) is 49.8. The van der Waals surface area contributed by atoms with Gasteiger partial charge in [-0.3, -0.25) is 19.4 Å². The number of fused-ring (bicyclic) bond motifs is 2. The largest absolute Gasteiger partial charge is 0.465 e. The first-order valence-electron chi connectivity index (χ1n) is 27.7. The van der Waals surface area contributed by atoms with Gasteiger partial charge in [0, 0.05) is 19.1 Å². The van der Waals surface area contributed by atoms with Gasteiger partial charge < -0.3 is 9.47 Å². The van der Waals surface area contributed by atoms with Crippen LogP contribution in [0.3, 0.4) is 0 Å². The van der Waals surface area contributed by atoms with E-state index in [2.05, 4.69) is 44.5 Å². The van der Waals surface area contributed by atoms with E-state index in [9.17, 15) is 9.59 Å². The van der Waals surface area contributed by atoms with Gasteiger partial charge in [0.05, 0.1) is 31.7 Å². The number of nitrogens with zero attached hydrogens (tertiary/aromatic N) is 2. The molecule has 0 N–H and O–H groups in total. The molecular formula is C55H106N2O4. The van der Waals surface area contributed by atoms with Crippen LogP contribution >= 0.6 is 0 Å². The van der Waals surface area contributed by atoms with Gasteiger partial charge in [-0.15, -0.1) is 0 Å². The number of rotatable bonds is 43. The molecule has 2 aliphatic heterocycles. The van der Waals surface area contributed by atoms with E-state index in [0.29, 0.717) is 57.0 Å². The van der Waals surface area contributed by atoms with Gasteiger partial charge in [-0.2, -0.15) is 0 Å².